The average molecular weight is 496 g/mol. The Hall–Kier alpha value is -2.42. The van der Waals surface area contributed by atoms with E-state index < -0.39 is 11.8 Å². The van der Waals surface area contributed by atoms with Crippen molar-refractivity contribution in [2.45, 2.75) is 6.92 Å². The molecule has 0 aliphatic carbocycles. The smallest absolute Gasteiger partial charge is 0.270 e. The van der Waals surface area contributed by atoms with Crippen LogP contribution in [0.1, 0.15) is 12.5 Å². The lowest BCUT2D eigenvalue weighted by Crippen LogP contribution is -2.54. The molecular formula is C20H16BrClN2O4S. The maximum atomic E-state index is 13.1. The van der Waals surface area contributed by atoms with Gasteiger partial charge in [0.25, 0.3) is 11.8 Å². The number of hydrogen-bond acceptors (Lipinski definition) is 5. The number of thiocarbonyl (C=S) groups is 1. The highest BCUT2D eigenvalue weighted by molar-refractivity contribution is 9.10. The van der Waals surface area contributed by atoms with E-state index in [4.69, 9.17) is 33.3 Å². The van der Waals surface area contributed by atoms with Crippen molar-refractivity contribution in [3.63, 3.8) is 0 Å². The summed E-state index contributed by atoms with van der Waals surface area (Å²) in [4.78, 5) is 26.8. The second-order valence-electron chi connectivity index (χ2n) is 5.90. The van der Waals surface area contributed by atoms with Gasteiger partial charge < -0.3 is 9.47 Å². The number of rotatable bonds is 5. The first-order valence-electron chi connectivity index (χ1n) is 8.53. The Bertz CT molecular complexity index is 1020. The third-order valence-electron chi connectivity index (χ3n) is 4.04. The van der Waals surface area contributed by atoms with Crippen molar-refractivity contribution in [3.8, 4) is 11.5 Å². The Morgan fingerprint density at radius 1 is 1.24 bits per heavy atom. The summed E-state index contributed by atoms with van der Waals surface area (Å²) in [7, 11) is 1.51. The summed E-state index contributed by atoms with van der Waals surface area (Å²) in [6, 6.07) is 10.0. The van der Waals surface area contributed by atoms with Crippen LogP contribution in [-0.2, 0) is 9.59 Å². The van der Waals surface area contributed by atoms with Crippen molar-refractivity contribution >= 4 is 68.4 Å². The predicted molar refractivity (Wildman–Crippen MR) is 120 cm³/mol. The van der Waals surface area contributed by atoms with E-state index in [0.717, 1.165) is 0 Å². The molecule has 0 radical (unpaired) electrons. The van der Waals surface area contributed by atoms with Gasteiger partial charge in [0.15, 0.2) is 16.6 Å². The SMILES string of the molecule is CCOc1c(Br)cc(/C=C2\C(=O)NC(=S)N(c3ccc(Cl)cc3)C2=O)cc1OC. The Morgan fingerprint density at radius 3 is 2.55 bits per heavy atom. The van der Waals surface area contributed by atoms with Gasteiger partial charge in [-0.2, -0.15) is 0 Å². The minimum atomic E-state index is -0.575. The second kappa shape index (κ2) is 8.94. The van der Waals surface area contributed by atoms with Crippen LogP contribution >= 0.6 is 39.7 Å². The standard InChI is InChI=1S/C20H16BrClN2O4S/c1-3-28-17-15(21)9-11(10-16(17)27-2)8-14-18(25)23-20(29)24(19(14)26)13-6-4-12(22)5-7-13/h4-10H,3H2,1-2H3,(H,23,25,29)/b14-8+. The molecule has 0 aromatic heterocycles. The van der Waals surface area contributed by atoms with Crippen LogP contribution < -0.4 is 19.7 Å². The summed E-state index contributed by atoms with van der Waals surface area (Å²) < 4.78 is 11.6. The lowest BCUT2D eigenvalue weighted by Gasteiger charge is -2.29. The molecule has 1 N–H and O–H groups in total. The summed E-state index contributed by atoms with van der Waals surface area (Å²) in [5.74, 6) is -0.0957. The molecule has 9 heteroatoms. The van der Waals surface area contributed by atoms with Gasteiger partial charge in [-0.1, -0.05) is 11.6 Å². The molecule has 2 aromatic carbocycles. The minimum absolute atomic E-state index is 0.00456. The van der Waals surface area contributed by atoms with Crippen molar-refractivity contribution in [3.05, 3.63) is 57.0 Å². The summed E-state index contributed by atoms with van der Waals surface area (Å²) in [5, 5.41) is 3.07. The van der Waals surface area contributed by atoms with E-state index in [0.29, 0.717) is 38.9 Å². The van der Waals surface area contributed by atoms with E-state index in [-0.39, 0.29) is 10.7 Å². The molecule has 0 bridgehead atoms. The first kappa shape index (κ1) is 21.3. The van der Waals surface area contributed by atoms with Crippen molar-refractivity contribution in [1.82, 2.24) is 5.32 Å². The van der Waals surface area contributed by atoms with Gasteiger partial charge in [-0.15, -0.1) is 0 Å². The van der Waals surface area contributed by atoms with E-state index in [1.54, 1.807) is 36.4 Å². The maximum Gasteiger partial charge on any atom is 0.270 e. The van der Waals surface area contributed by atoms with Gasteiger partial charge >= 0.3 is 0 Å². The third kappa shape index (κ3) is 4.44. The monoisotopic (exact) mass is 494 g/mol. The van der Waals surface area contributed by atoms with E-state index >= 15 is 0 Å². The molecule has 2 amide bonds. The van der Waals surface area contributed by atoms with E-state index in [9.17, 15) is 9.59 Å². The fourth-order valence-corrected chi connectivity index (χ4v) is 3.74. The molecule has 29 heavy (non-hydrogen) atoms. The number of amides is 2. The molecule has 1 heterocycles. The number of anilines is 1. The summed E-state index contributed by atoms with van der Waals surface area (Å²) >= 11 is 14.5. The van der Waals surface area contributed by atoms with E-state index in [1.807, 2.05) is 6.92 Å². The summed E-state index contributed by atoms with van der Waals surface area (Å²) in [6.45, 7) is 2.32. The van der Waals surface area contributed by atoms with Crippen LogP contribution in [0.5, 0.6) is 11.5 Å². The van der Waals surface area contributed by atoms with E-state index in [1.165, 1.54) is 18.1 Å². The van der Waals surface area contributed by atoms with Gasteiger partial charge in [0.2, 0.25) is 0 Å². The fourth-order valence-electron chi connectivity index (χ4n) is 2.76. The van der Waals surface area contributed by atoms with Crippen molar-refractivity contribution in [2.75, 3.05) is 18.6 Å². The number of nitrogens with one attached hydrogen (secondary N) is 1. The quantitative estimate of drug-likeness (QED) is 0.380. The highest BCUT2D eigenvalue weighted by Crippen LogP contribution is 2.37. The number of carbonyl (C=O) groups excluding carboxylic acids is 2. The van der Waals surface area contributed by atoms with Crippen LogP contribution in [0.15, 0.2) is 46.4 Å². The molecule has 6 nitrogen and oxygen atoms in total. The van der Waals surface area contributed by atoms with Crippen molar-refractivity contribution < 1.29 is 19.1 Å². The van der Waals surface area contributed by atoms with Gasteiger partial charge in [-0.3, -0.25) is 19.8 Å². The normalized spacial score (nSPS) is 15.5. The van der Waals surface area contributed by atoms with Gasteiger partial charge in [-0.25, -0.2) is 0 Å². The highest BCUT2D eigenvalue weighted by Gasteiger charge is 2.34. The molecular weight excluding hydrogens is 480 g/mol. The molecule has 1 fully saturated rings. The van der Waals surface area contributed by atoms with E-state index in [2.05, 4.69) is 21.2 Å². The summed E-state index contributed by atoms with van der Waals surface area (Å²) in [5.41, 5.74) is 1.02. The van der Waals surface area contributed by atoms with Crippen LogP contribution in [0.3, 0.4) is 0 Å². The average Bonchev–Trinajstić information content (AvgIpc) is 2.68. The Morgan fingerprint density at radius 2 is 1.93 bits per heavy atom. The number of halogens is 2. The van der Waals surface area contributed by atoms with Gasteiger partial charge in [0.1, 0.15) is 5.57 Å². The minimum Gasteiger partial charge on any atom is -0.493 e. The van der Waals surface area contributed by atoms with Crippen LogP contribution in [-0.4, -0.2) is 30.6 Å². The molecule has 150 valence electrons. The van der Waals surface area contributed by atoms with Crippen LogP contribution in [0.4, 0.5) is 5.69 Å². The zero-order chi connectivity index (χ0) is 21.1. The predicted octanol–water partition coefficient (Wildman–Crippen LogP) is 4.34. The van der Waals surface area contributed by atoms with Gasteiger partial charge in [0.05, 0.1) is 23.9 Å². The molecule has 0 saturated carbocycles. The Kier molecular flexibility index (Phi) is 6.56. The van der Waals surface area contributed by atoms with Gasteiger partial charge in [0, 0.05) is 5.02 Å². The first-order chi connectivity index (χ1) is 13.8. The fraction of sp³-hybridized carbons (Fsp3) is 0.150. The molecule has 1 aliphatic rings. The van der Waals surface area contributed by atoms with Crippen molar-refractivity contribution in [1.29, 1.82) is 0 Å². The number of hydrogen-bond donors (Lipinski definition) is 1. The molecule has 1 aliphatic heterocycles. The lowest BCUT2D eigenvalue weighted by molar-refractivity contribution is -0.122. The molecule has 3 rings (SSSR count). The lowest BCUT2D eigenvalue weighted by atomic mass is 10.1. The molecule has 2 aromatic rings. The second-order valence-corrected chi connectivity index (χ2v) is 7.58. The summed E-state index contributed by atoms with van der Waals surface area (Å²) in [6.07, 6.45) is 1.48. The topological polar surface area (TPSA) is 67.9 Å². The zero-order valence-corrected chi connectivity index (χ0v) is 18.7. The maximum absolute atomic E-state index is 13.1. The Balaban J connectivity index is 2.02. The third-order valence-corrected chi connectivity index (χ3v) is 5.16. The zero-order valence-electron chi connectivity index (χ0n) is 15.5. The van der Waals surface area contributed by atoms with Crippen molar-refractivity contribution in [2.24, 2.45) is 0 Å². The number of carbonyl (C=O) groups is 2. The molecule has 0 spiro atoms. The Labute approximate surface area is 186 Å². The number of methoxy groups -OCH3 is 1. The number of ether oxygens (including phenoxy) is 2. The first-order valence-corrected chi connectivity index (χ1v) is 10.1. The molecule has 1 saturated heterocycles. The van der Waals surface area contributed by atoms with Crippen LogP contribution in [0, 0.1) is 0 Å². The molecule has 0 unspecified atom stereocenters. The number of benzene rings is 2. The van der Waals surface area contributed by atoms with Gasteiger partial charge in [-0.05, 0) is 83.1 Å². The number of nitrogens with zero attached hydrogens (tertiary/aromatic N) is 1. The van der Waals surface area contributed by atoms with Crippen LogP contribution in [0.2, 0.25) is 5.02 Å². The largest absolute Gasteiger partial charge is 0.493 e. The highest BCUT2D eigenvalue weighted by atomic mass is 79.9. The molecule has 0 atom stereocenters. The van der Waals surface area contributed by atoms with Crippen LogP contribution in [0.25, 0.3) is 6.08 Å².